The lowest BCUT2D eigenvalue weighted by Gasteiger charge is -2.34. The van der Waals surface area contributed by atoms with E-state index in [0.717, 1.165) is 71.2 Å². The number of aryl methyl sites for hydroxylation is 1. The molecule has 1 fully saturated rings. The SMILES string of the molecule is C=C(c1ccn2c(C)c(-c3cc4cc(F)c(F)cc4n3Cc3cccc(OC)c3)nc2c1)N1CCC[C@@H](N)C1. The maximum absolute atomic E-state index is 14.4. The fourth-order valence-corrected chi connectivity index (χ4v) is 5.60. The largest absolute Gasteiger partial charge is 0.497 e. The Labute approximate surface area is 225 Å². The zero-order chi connectivity index (χ0) is 27.3. The van der Waals surface area contributed by atoms with Crippen molar-refractivity contribution < 1.29 is 13.5 Å². The summed E-state index contributed by atoms with van der Waals surface area (Å²) in [5.41, 5.74) is 12.9. The lowest BCUT2D eigenvalue weighted by atomic mass is 10.0. The summed E-state index contributed by atoms with van der Waals surface area (Å²) in [6.07, 6.45) is 4.08. The number of hydrogen-bond acceptors (Lipinski definition) is 4. The molecular formula is C31H31F2N5O. The molecule has 0 radical (unpaired) electrons. The maximum Gasteiger partial charge on any atom is 0.160 e. The van der Waals surface area contributed by atoms with Crippen LogP contribution >= 0.6 is 0 Å². The third-order valence-electron chi connectivity index (χ3n) is 7.70. The van der Waals surface area contributed by atoms with Crippen LogP contribution in [0.1, 0.15) is 29.7 Å². The highest BCUT2D eigenvalue weighted by molar-refractivity contribution is 5.87. The number of nitrogens with zero attached hydrogens (tertiary/aromatic N) is 4. The van der Waals surface area contributed by atoms with E-state index in [1.807, 2.05) is 64.6 Å². The van der Waals surface area contributed by atoms with Crippen LogP contribution in [0.25, 0.3) is 33.6 Å². The van der Waals surface area contributed by atoms with Crippen LogP contribution < -0.4 is 10.5 Å². The van der Waals surface area contributed by atoms with Gasteiger partial charge in [0.2, 0.25) is 0 Å². The molecule has 200 valence electrons. The molecule has 0 aliphatic carbocycles. The van der Waals surface area contributed by atoms with Crippen LogP contribution in [0.3, 0.4) is 0 Å². The van der Waals surface area contributed by atoms with Gasteiger partial charge in [-0.3, -0.25) is 0 Å². The molecule has 3 aromatic heterocycles. The molecule has 4 heterocycles. The summed E-state index contributed by atoms with van der Waals surface area (Å²) in [5.74, 6) is -1.03. The molecule has 5 aromatic rings. The van der Waals surface area contributed by atoms with E-state index in [4.69, 9.17) is 15.5 Å². The van der Waals surface area contributed by atoms with Crippen LogP contribution in [0.4, 0.5) is 8.78 Å². The second-order valence-corrected chi connectivity index (χ2v) is 10.3. The van der Waals surface area contributed by atoms with Gasteiger partial charge in [-0.25, -0.2) is 13.8 Å². The number of fused-ring (bicyclic) bond motifs is 2. The summed E-state index contributed by atoms with van der Waals surface area (Å²) in [7, 11) is 1.62. The Balaban J connectivity index is 1.46. The first-order valence-corrected chi connectivity index (χ1v) is 13.1. The Kier molecular flexibility index (Phi) is 6.35. The van der Waals surface area contributed by atoms with Gasteiger partial charge in [0.1, 0.15) is 17.1 Å². The van der Waals surface area contributed by atoms with Crippen LogP contribution in [-0.2, 0) is 6.54 Å². The van der Waals surface area contributed by atoms with Crippen molar-refractivity contribution in [1.29, 1.82) is 0 Å². The normalized spacial score (nSPS) is 15.8. The number of halogens is 2. The molecule has 0 saturated carbocycles. The Morgan fingerprint density at radius 1 is 1.13 bits per heavy atom. The Morgan fingerprint density at radius 2 is 1.95 bits per heavy atom. The molecule has 6 nitrogen and oxygen atoms in total. The van der Waals surface area contributed by atoms with Gasteiger partial charge >= 0.3 is 0 Å². The number of hydrogen-bond donors (Lipinski definition) is 1. The van der Waals surface area contributed by atoms with Crippen LogP contribution in [0.5, 0.6) is 5.75 Å². The number of piperidine rings is 1. The van der Waals surface area contributed by atoms with Crippen molar-refractivity contribution in [2.45, 2.75) is 32.4 Å². The molecule has 1 aliphatic heterocycles. The number of imidazole rings is 1. The molecule has 1 saturated heterocycles. The number of likely N-dealkylation sites (tertiary alicyclic amines) is 1. The number of benzene rings is 2. The van der Waals surface area contributed by atoms with Gasteiger partial charge in [-0.2, -0.15) is 0 Å². The predicted octanol–water partition coefficient (Wildman–Crippen LogP) is 5.99. The summed E-state index contributed by atoms with van der Waals surface area (Å²) in [5, 5.41) is 0.610. The number of nitrogens with two attached hydrogens (primary N) is 1. The zero-order valence-corrected chi connectivity index (χ0v) is 22.1. The molecule has 1 atom stereocenters. The number of ether oxygens (including phenoxy) is 1. The number of rotatable bonds is 6. The van der Waals surface area contributed by atoms with Crippen molar-refractivity contribution in [2.75, 3.05) is 20.2 Å². The van der Waals surface area contributed by atoms with Crippen LogP contribution in [0.15, 0.2) is 67.4 Å². The second kappa shape index (κ2) is 9.85. The standard InChI is InChI=1S/C31H31F2N5O/c1-19(36-10-5-7-24(34)18-36)22-9-11-37-20(2)31(35-30(37)15-22)29-14-23-13-26(32)27(33)16-28(23)38(29)17-21-6-4-8-25(12-21)39-3/h4,6,8-9,11-16,24H,1,5,7,10,17-18,34H2,2-3H3/t24-/m1/s1. The van der Waals surface area contributed by atoms with Gasteiger partial charge in [-0.05, 0) is 61.7 Å². The van der Waals surface area contributed by atoms with E-state index < -0.39 is 11.6 Å². The molecule has 0 spiro atoms. The monoisotopic (exact) mass is 527 g/mol. The van der Waals surface area contributed by atoms with Crippen molar-refractivity contribution in [1.82, 2.24) is 18.9 Å². The third-order valence-corrected chi connectivity index (χ3v) is 7.70. The van der Waals surface area contributed by atoms with Crippen LogP contribution in [0.2, 0.25) is 0 Å². The Hall–Kier alpha value is -4.17. The quantitative estimate of drug-likeness (QED) is 0.295. The molecule has 1 aliphatic rings. The first-order valence-electron chi connectivity index (χ1n) is 13.1. The molecule has 2 aromatic carbocycles. The highest BCUT2D eigenvalue weighted by Crippen LogP contribution is 2.33. The molecule has 8 heteroatoms. The van der Waals surface area contributed by atoms with Crippen LogP contribution in [0, 0.1) is 18.6 Å². The molecule has 0 amide bonds. The number of methoxy groups -OCH3 is 1. The first-order chi connectivity index (χ1) is 18.8. The molecule has 0 unspecified atom stereocenters. The minimum Gasteiger partial charge on any atom is -0.497 e. The average molecular weight is 528 g/mol. The van der Waals surface area contributed by atoms with Crippen LogP contribution in [-0.4, -0.2) is 45.1 Å². The highest BCUT2D eigenvalue weighted by atomic mass is 19.2. The lowest BCUT2D eigenvalue weighted by molar-refractivity contribution is 0.296. The first kappa shape index (κ1) is 25.1. The van der Waals surface area contributed by atoms with Crippen molar-refractivity contribution in [2.24, 2.45) is 5.73 Å². The van der Waals surface area contributed by atoms with Gasteiger partial charge in [-0.1, -0.05) is 18.7 Å². The van der Waals surface area contributed by atoms with Gasteiger partial charge in [0.15, 0.2) is 11.6 Å². The zero-order valence-electron chi connectivity index (χ0n) is 22.1. The fourth-order valence-electron chi connectivity index (χ4n) is 5.60. The van der Waals surface area contributed by atoms with E-state index in [1.165, 1.54) is 12.1 Å². The number of aromatic nitrogens is 3. The summed E-state index contributed by atoms with van der Waals surface area (Å²) in [6.45, 7) is 8.51. The summed E-state index contributed by atoms with van der Waals surface area (Å²) in [4.78, 5) is 7.25. The molecule has 6 rings (SSSR count). The summed E-state index contributed by atoms with van der Waals surface area (Å²) >= 11 is 0. The van der Waals surface area contributed by atoms with E-state index in [1.54, 1.807) is 7.11 Å². The van der Waals surface area contributed by atoms with Crippen molar-refractivity contribution >= 4 is 22.2 Å². The van der Waals surface area contributed by atoms with E-state index >= 15 is 0 Å². The smallest absolute Gasteiger partial charge is 0.160 e. The Morgan fingerprint density at radius 3 is 2.74 bits per heavy atom. The third kappa shape index (κ3) is 4.55. The topological polar surface area (TPSA) is 60.7 Å². The average Bonchev–Trinajstić information content (AvgIpc) is 3.44. The Bertz CT molecular complexity index is 1720. The van der Waals surface area contributed by atoms with Crippen molar-refractivity contribution in [3.63, 3.8) is 0 Å². The van der Waals surface area contributed by atoms with E-state index in [-0.39, 0.29) is 6.04 Å². The summed E-state index contributed by atoms with van der Waals surface area (Å²) in [6, 6.07) is 16.3. The minimum atomic E-state index is -0.883. The lowest BCUT2D eigenvalue weighted by Crippen LogP contribution is -2.41. The van der Waals surface area contributed by atoms with E-state index in [9.17, 15) is 8.78 Å². The molecule has 0 bridgehead atoms. The van der Waals surface area contributed by atoms with E-state index in [2.05, 4.69) is 11.5 Å². The van der Waals surface area contributed by atoms with Gasteiger partial charge in [0, 0.05) is 60.3 Å². The van der Waals surface area contributed by atoms with Gasteiger partial charge < -0.3 is 24.3 Å². The van der Waals surface area contributed by atoms with Crippen molar-refractivity contribution in [3.05, 3.63) is 95.8 Å². The maximum atomic E-state index is 14.4. The molecule has 39 heavy (non-hydrogen) atoms. The van der Waals surface area contributed by atoms with Crippen molar-refractivity contribution in [3.8, 4) is 17.1 Å². The minimum absolute atomic E-state index is 0.153. The van der Waals surface area contributed by atoms with Gasteiger partial charge in [0.05, 0.1) is 18.3 Å². The molecular weight excluding hydrogens is 496 g/mol. The van der Waals surface area contributed by atoms with Gasteiger partial charge in [0.25, 0.3) is 0 Å². The summed E-state index contributed by atoms with van der Waals surface area (Å²) < 4.78 is 38.0. The fraction of sp³-hybridized carbons (Fsp3) is 0.258. The highest BCUT2D eigenvalue weighted by Gasteiger charge is 2.22. The number of pyridine rings is 1. The van der Waals surface area contributed by atoms with Gasteiger partial charge in [-0.15, -0.1) is 0 Å². The van der Waals surface area contributed by atoms with E-state index in [0.29, 0.717) is 17.4 Å². The molecule has 2 N–H and O–H groups in total. The second-order valence-electron chi connectivity index (χ2n) is 10.3. The predicted molar refractivity (Wildman–Crippen MR) is 151 cm³/mol.